The molecule has 1 saturated carbocycles. The second-order valence-electron chi connectivity index (χ2n) is 26.7. The van der Waals surface area contributed by atoms with Crippen molar-refractivity contribution in [3.8, 4) is 0 Å². The van der Waals surface area contributed by atoms with Crippen molar-refractivity contribution < 1.29 is 117 Å². The molecular weight excluding hydrogens is 1280 g/mol. The summed E-state index contributed by atoms with van der Waals surface area (Å²) < 4.78 is 64.7. The number of rotatable bonds is 57. The number of esters is 3. The lowest BCUT2D eigenvalue weighted by Gasteiger charge is -2.49. The SMILES string of the molecule is CCCCCCCCC/C=C\CCCCCC(=O)OCC1OC(OC2C(O)C(O)C(O)C(OC3OC(CO)C(O)C(O)C3O)C2OP(=O)(O)OCC(COC(=O)CCCCCCCCCCCCCCC)OC(=O)/C=C/C=C/CCCCCCCCCCCCC)C(O)C(O)C1O. The van der Waals surface area contributed by atoms with E-state index in [1.54, 1.807) is 6.08 Å². The van der Waals surface area contributed by atoms with Crippen LogP contribution in [-0.2, 0) is 61.2 Å². The average molecular weight is 1410 g/mol. The van der Waals surface area contributed by atoms with Crippen LogP contribution in [0.5, 0.6) is 0 Å². The molecule has 11 N–H and O–H groups in total. The molecule has 0 aromatic heterocycles. The Labute approximate surface area is 578 Å². The Hall–Kier alpha value is -2.82. The number of aliphatic hydroxyl groups excluding tert-OH is 10. The van der Waals surface area contributed by atoms with Gasteiger partial charge in [-0.3, -0.25) is 18.6 Å². The second kappa shape index (κ2) is 53.9. The van der Waals surface area contributed by atoms with E-state index >= 15 is 0 Å². The third kappa shape index (κ3) is 37.3. The van der Waals surface area contributed by atoms with Gasteiger partial charge in [-0.25, -0.2) is 9.36 Å². The molecule has 25 heteroatoms. The van der Waals surface area contributed by atoms with Crippen LogP contribution in [0.15, 0.2) is 36.5 Å². The van der Waals surface area contributed by atoms with Gasteiger partial charge in [0.1, 0.15) is 98.7 Å². The van der Waals surface area contributed by atoms with Crippen LogP contribution in [0.25, 0.3) is 0 Å². The number of carbonyl (C=O) groups is 3. The second-order valence-corrected chi connectivity index (χ2v) is 28.1. The number of hydrogen-bond acceptors (Lipinski definition) is 23. The molecule has 0 amide bonds. The fraction of sp³-hybridized carbons (Fsp3) is 0.875. The normalized spacial score (nSPS) is 28.0. The van der Waals surface area contributed by atoms with Crippen LogP contribution in [0.3, 0.4) is 0 Å². The highest BCUT2D eigenvalue weighted by Gasteiger charge is 2.58. The molecule has 566 valence electrons. The summed E-state index contributed by atoms with van der Waals surface area (Å²) in [5, 5.41) is 110. The molecule has 18 unspecified atom stereocenters. The molecule has 0 spiro atoms. The van der Waals surface area contributed by atoms with E-state index in [9.17, 15) is 74.9 Å². The lowest BCUT2D eigenvalue weighted by atomic mass is 9.84. The van der Waals surface area contributed by atoms with Gasteiger partial charge >= 0.3 is 25.7 Å². The number of unbranched alkanes of at least 4 members (excludes halogenated alkanes) is 33. The van der Waals surface area contributed by atoms with Crippen LogP contribution >= 0.6 is 7.82 Å². The van der Waals surface area contributed by atoms with Crippen LogP contribution in [0, 0.1) is 0 Å². The molecule has 3 aliphatic rings. The Kier molecular flexibility index (Phi) is 49.1. The first-order valence-corrected chi connectivity index (χ1v) is 38.8. The van der Waals surface area contributed by atoms with E-state index in [1.807, 2.05) is 6.08 Å². The predicted molar refractivity (Wildman–Crippen MR) is 365 cm³/mol. The monoisotopic (exact) mass is 1410 g/mol. The van der Waals surface area contributed by atoms with Crippen molar-refractivity contribution in [1.82, 2.24) is 0 Å². The number of phosphoric acid groups is 1. The van der Waals surface area contributed by atoms with Gasteiger partial charge in [0.15, 0.2) is 18.7 Å². The van der Waals surface area contributed by atoms with Crippen LogP contribution in [0.4, 0.5) is 0 Å². The minimum absolute atomic E-state index is 0.00433. The molecule has 2 heterocycles. The highest BCUT2D eigenvalue weighted by atomic mass is 31.2. The molecule has 2 aliphatic heterocycles. The van der Waals surface area contributed by atoms with Crippen LogP contribution in [0.2, 0.25) is 0 Å². The van der Waals surface area contributed by atoms with Gasteiger partial charge in [-0.2, -0.15) is 0 Å². The highest BCUT2D eigenvalue weighted by molar-refractivity contribution is 7.47. The number of carbonyl (C=O) groups excluding carboxylic acids is 3. The first-order valence-electron chi connectivity index (χ1n) is 37.3. The Morgan fingerprint density at radius 2 is 0.794 bits per heavy atom. The third-order valence-electron chi connectivity index (χ3n) is 18.3. The molecule has 3 rings (SSSR count). The lowest BCUT2D eigenvalue weighted by molar-refractivity contribution is -0.360. The molecule has 1 aliphatic carbocycles. The van der Waals surface area contributed by atoms with E-state index in [0.717, 1.165) is 96.0 Å². The largest absolute Gasteiger partial charge is 0.472 e. The van der Waals surface area contributed by atoms with Crippen molar-refractivity contribution in [1.29, 1.82) is 0 Å². The quantitative estimate of drug-likeness (QED) is 0.00513. The lowest BCUT2D eigenvalue weighted by Crippen LogP contribution is -2.69. The van der Waals surface area contributed by atoms with Crippen molar-refractivity contribution in [2.45, 2.75) is 375 Å². The Bertz CT molecular complexity index is 2150. The molecule has 0 radical (unpaired) electrons. The van der Waals surface area contributed by atoms with Crippen molar-refractivity contribution >= 4 is 25.7 Å². The van der Waals surface area contributed by atoms with Crippen LogP contribution in [0.1, 0.15) is 271 Å². The van der Waals surface area contributed by atoms with Crippen LogP contribution < -0.4 is 0 Å². The summed E-state index contributed by atoms with van der Waals surface area (Å²) in [4.78, 5) is 50.8. The Morgan fingerprint density at radius 1 is 0.423 bits per heavy atom. The zero-order valence-electron chi connectivity index (χ0n) is 58.9. The summed E-state index contributed by atoms with van der Waals surface area (Å²) in [6.07, 6.45) is 15.7. The maximum atomic E-state index is 14.3. The molecule has 2 saturated heterocycles. The molecule has 3 fully saturated rings. The maximum Gasteiger partial charge on any atom is 0.472 e. The maximum absolute atomic E-state index is 14.3. The van der Waals surface area contributed by atoms with Crippen molar-refractivity contribution in [3.63, 3.8) is 0 Å². The number of phosphoric ester groups is 1. The van der Waals surface area contributed by atoms with Crippen molar-refractivity contribution in [2.75, 3.05) is 26.4 Å². The number of hydrogen-bond donors (Lipinski definition) is 11. The van der Waals surface area contributed by atoms with Crippen molar-refractivity contribution in [3.05, 3.63) is 36.5 Å². The van der Waals surface area contributed by atoms with Gasteiger partial charge in [0.05, 0.1) is 13.2 Å². The van der Waals surface area contributed by atoms with Gasteiger partial charge in [-0.05, 0) is 51.4 Å². The van der Waals surface area contributed by atoms with E-state index in [4.69, 9.17) is 42.2 Å². The summed E-state index contributed by atoms with van der Waals surface area (Å²) >= 11 is 0. The number of allylic oxidation sites excluding steroid dienone is 5. The standard InChI is InChI=1S/C72H129O24P/c1-4-7-10-13-16-19-22-25-27-30-33-36-39-42-45-48-58(76)91-53(50-88-56(74)46-43-40-37-34-31-28-24-21-18-15-12-9-6-3)51-90-97(86,87)96-70-68(94-71-66(84)61(79)59(77)54(49-73)92-71)64(82)63(81)65(83)69(70)95-72-67(85)62(80)60(78)55(93-72)52-89-57(75)47-44-41-38-35-32-29-26-23-20-17-14-11-8-5-2/h29,32,39,42,45,48,53-55,59-73,77-85H,4-28,30-31,33-38,40-41,43-44,46-47,49-52H2,1-3H3,(H,86,87)/b32-29-,42-39+,48-45+. The van der Waals surface area contributed by atoms with Gasteiger partial charge in [0.25, 0.3) is 0 Å². The first kappa shape index (κ1) is 88.4. The highest BCUT2D eigenvalue weighted by Crippen LogP contribution is 2.49. The van der Waals surface area contributed by atoms with E-state index in [2.05, 4.69) is 32.9 Å². The molecule has 24 nitrogen and oxygen atoms in total. The molecule has 97 heavy (non-hydrogen) atoms. The molecule has 0 bridgehead atoms. The summed E-state index contributed by atoms with van der Waals surface area (Å²) in [5.41, 5.74) is 0. The Morgan fingerprint density at radius 3 is 1.24 bits per heavy atom. The zero-order chi connectivity index (χ0) is 71.1. The average Bonchev–Trinajstić information content (AvgIpc) is 0.768. The molecular formula is C72H129O24P. The van der Waals surface area contributed by atoms with E-state index in [1.165, 1.54) is 141 Å². The van der Waals surface area contributed by atoms with E-state index in [0.29, 0.717) is 12.8 Å². The minimum Gasteiger partial charge on any atom is -0.463 e. The third-order valence-corrected chi connectivity index (χ3v) is 19.2. The molecule has 18 atom stereocenters. The van der Waals surface area contributed by atoms with E-state index in [-0.39, 0.29) is 12.8 Å². The van der Waals surface area contributed by atoms with Crippen molar-refractivity contribution in [2.24, 2.45) is 0 Å². The van der Waals surface area contributed by atoms with Gasteiger partial charge in [0, 0.05) is 18.9 Å². The predicted octanol–water partition coefficient (Wildman–Crippen LogP) is 9.90. The zero-order valence-corrected chi connectivity index (χ0v) is 59.8. The summed E-state index contributed by atoms with van der Waals surface area (Å²) in [6.45, 7) is 3.31. The molecule has 0 aromatic carbocycles. The smallest absolute Gasteiger partial charge is 0.463 e. The van der Waals surface area contributed by atoms with Gasteiger partial charge in [0.2, 0.25) is 0 Å². The summed E-state index contributed by atoms with van der Waals surface area (Å²) in [7, 11) is -5.72. The first-order chi connectivity index (χ1) is 46.8. The fourth-order valence-corrected chi connectivity index (χ4v) is 13.1. The minimum atomic E-state index is -5.72. The van der Waals surface area contributed by atoms with Gasteiger partial charge in [-0.1, -0.05) is 237 Å². The Balaban J connectivity index is 1.76. The summed E-state index contributed by atoms with van der Waals surface area (Å²) in [6, 6.07) is 0. The van der Waals surface area contributed by atoms with Gasteiger partial charge < -0.3 is 89.1 Å². The van der Waals surface area contributed by atoms with E-state index < -0.39 is 156 Å². The van der Waals surface area contributed by atoms with Gasteiger partial charge in [-0.15, -0.1) is 0 Å². The molecule has 0 aromatic rings. The summed E-state index contributed by atoms with van der Waals surface area (Å²) in [5.74, 6) is -2.26. The topological polar surface area (TPSA) is 374 Å². The number of aliphatic hydroxyl groups is 10. The fourth-order valence-electron chi connectivity index (χ4n) is 12.1. The van der Waals surface area contributed by atoms with Crippen LogP contribution in [-0.4, -0.2) is 204 Å². The number of ether oxygens (including phenoxy) is 7.